The third kappa shape index (κ3) is 4.20. The average molecular weight is 332 g/mol. The van der Waals surface area contributed by atoms with Gasteiger partial charge in [0.2, 0.25) is 0 Å². The fourth-order valence-corrected chi connectivity index (χ4v) is 2.84. The van der Waals surface area contributed by atoms with E-state index in [2.05, 4.69) is 15.1 Å². The minimum atomic E-state index is 0.407. The van der Waals surface area contributed by atoms with E-state index in [1.165, 1.54) is 0 Å². The SMILES string of the molecule is O=Cc1ccc(OCC2CCCN(c3ccc(Cl)nn3)C2)cc1. The Hall–Kier alpha value is -2.14. The van der Waals surface area contributed by atoms with Crippen LogP contribution in [0.15, 0.2) is 36.4 Å². The molecule has 0 aliphatic carbocycles. The Labute approximate surface area is 140 Å². The second-order valence-corrected chi connectivity index (χ2v) is 6.05. The second kappa shape index (κ2) is 7.42. The molecular weight excluding hydrogens is 314 g/mol. The predicted molar refractivity (Wildman–Crippen MR) is 89.3 cm³/mol. The van der Waals surface area contributed by atoms with Gasteiger partial charge in [-0.3, -0.25) is 4.79 Å². The van der Waals surface area contributed by atoms with E-state index in [0.717, 1.165) is 43.8 Å². The molecule has 0 radical (unpaired) electrons. The summed E-state index contributed by atoms with van der Waals surface area (Å²) in [6.45, 7) is 2.52. The van der Waals surface area contributed by atoms with Gasteiger partial charge in [0.25, 0.3) is 0 Å². The average Bonchev–Trinajstić information content (AvgIpc) is 2.61. The zero-order valence-electron chi connectivity index (χ0n) is 12.7. The lowest BCUT2D eigenvalue weighted by Crippen LogP contribution is -2.38. The number of aromatic nitrogens is 2. The van der Waals surface area contributed by atoms with Crippen LogP contribution in [0.2, 0.25) is 5.15 Å². The van der Waals surface area contributed by atoms with E-state index in [9.17, 15) is 4.79 Å². The number of piperidine rings is 1. The molecule has 2 aromatic rings. The second-order valence-electron chi connectivity index (χ2n) is 5.67. The summed E-state index contributed by atoms with van der Waals surface area (Å²) in [5.41, 5.74) is 0.655. The topological polar surface area (TPSA) is 55.3 Å². The molecule has 0 amide bonds. The van der Waals surface area contributed by atoms with Crippen LogP contribution in [-0.2, 0) is 0 Å². The highest BCUT2D eigenvalue weighted by Crippen LogP contribution is 2.23. The van der Waals surface area contributed by atoms with Gasteiger partial charge in [-0.15, -0.1) is 10.2 Å². The van der Waals surface area contributed by atoms with E-state index in [1.54, 1.807) is 18.2 Å². The van der Waals surface area contributed by atoms with Crippen molar-refractivity contribution >= 4 is 23.7 Å². The van der Waals surface area contributed by atoms with Gasteiger partial charge < -0.3 is 9.64 Å². The summed E-state index contributed by atoms with van der Waals surface area (Å²) in [5.74, 6) is 2.08. The van der Waals surface area contributed by atoms with Crippen molar-refractivity contribution in [2.24, 2.45) is 5.92 Å². The molecule has 1 aliphatic heterocycles. The van der Waals surface area contributed by atoms with Gasteiger partial charge in [-0.1, -0.05) is 11.6 Å². The molecule has 1 aromatic carbocycles. The predicted octanol–water partition coefficient (Wildman–Crippen LogP) is 3.24. The molecule has 0 saturated carbocycles. The first-order valence-electron chi connectivity index (χ1n) is 7.67. The van der Waals surface area contributed by atoms with Gasteiger partial charge in [-0.05, 0) is 49.2 Å². The van der Waals surface area contributed by atoms with Crippen LogP contribution in [0.25, 0.3) is 0 Å². The number of anilines is 1. The van der Waals surface area contributed by atoms with Crippen LogP contribution >= 0.6 is 11.6 Å². The van der Waals surface area contributed by atoms with E-state index in [0.29, 0.717) is 23.2 Å². The number of halogens is 1. The number of benzene rings is 1. The molecule has 2 heterocycles. The van der Waals surface area contributed by atoms with Crippen molar-refractivity contribution in [2.75, 3.05) is 24.6 Å². The first-order valence-corrected chi connectivity index (χ1v) is 8.04. The lowest BCUT2D eigenvalue weighted by atomic mass is 9.99. The summed E-state index contributed by atoms with van der Waals surface area (Å²) in [7, 11) is 0. The van der Waals surface area contributed by atoms with E-state index in [-0.39, 0.29) is 0 Å². The molecule has 1 unspecified atom stereocenters. The molecule has 1 fully saturated rings. The minimum Gasteiger partial charge on any atom is -0.493 e. The molecule has 1 aliphatic rings. The third-order valence-electron chi connectivity index (χ3n) is 3.96. The number of carbonyl (C=O) groups excluding carboxylic acids is 1. The Morgan fingerprint density at radius 1 is 1.22 bits per heavy atom. The van der Waals surface area contributed by atoms with E-state index in [1.807, 2.05) is 18.2 Å². The third-order valence-corrected chi connectivity index (χ3v) is 4.16. The number of aldehydes is 1. The van der Waals surface area contributed by atoms with Crippen molar-refractivity contribution in [3.63, 3.8) is 0 Å². The maximum atomic E-state index is 10.6. The van der Waals surface area contributed by atoms with Crippen LogP contribution in [0.4, 0.5) is 5.82 Å². The highest BCUT2D eigenvalue weighted by Gasteiger charge is 2.21. The maximum Gasteiger partial charge on any atom is 0.151 e. The fraction of sp³-hybridized carbons (Fsp3) is 0.353. The zero-order chi connectivity index (χ0) is 16.1. The Morgan fingerprint density at radius 2 is 2.04 bits per heavy atom. The van der Waals surface area contributed by atoms with Gasteiger partial charge in [0, 0.05) is 24.6 Å². The molecular formula is C17H18ClN3O2. The van der Waals surface area contributed by atoms with Crippen LogP contribution in [0.3, 0.4) is 0 Å². The lowest BCUT2D eigenvalue weighted by Gasteiger charge is -2.33. The number of ether oxygens (including phenoxy) is 1. The van der Waals surface area contributed by atoms with E-state index >= 15 is 0 Å². The largest absolute Gasteiger partial charge is 0.493 e. The lowest BCUT2D eigenvalue weighted by molar-refractivity contribution is 0.112. The van der Waals surface area contributed by atoms with Crippen LogP contribution in [0, 0.1) is 5.92 Å². The molecule has 1 atom stereocenters. The summed E-state index contributed by atoms with van der Waals surface area (Å²) in [6, 6.07) is 10.8. The van der Waals surface area contributed by atoms with Gasteiger partial charge >= 0.3 is 0 Å². The summed E-state index contributed by atoms with van der Waals surface area (Å²) < 4.78 is 5.85. The molecule has 23 heavy (non-hydrogen) atoms. The molecule has 0 spiro atoms. The van der Waals surface area contributed by atoms with Gasteiger partial charge in [-0.25, -0.2) is 0 Å². The standard InChI is InChI=1S/C17H18ClN3O2/c18-16-7-8-17(20-19-16)21-9-1-2-14(10-21)12-23-15-5-3-13(11-22)4-6-15/h3-8,11,14H,1-2,9-10,12H2. The molecule has 1 saturated heterocycles. The summed E-state index contributed by atoms with van der Waals surface area (Å²) in [5, 5.41) is 8.45. The first kappa shape index (κ1) is 15.7. The van der Waals surface area contributed by atoms with Crippen molar-refractivity contribution in [2.45, 2.75) is 12.8 Å². The highest BCUT2D eigenvalue weighted by atomic mass is 35.5. The maximum absolute atomic E-state index is 10.6. The van der Waals surface area contributed by atoms with E-state index < -0.39 is 0 Å². The van der Waals surface area contributed by atoms with Gasteiger partial charge in [-0.2, -0.15) is 0 Å². The molecule has 120 valence electrons. The Bertz CT molecular complexity index is 646. The monoisotopic (exact) mass is 331 g/mol. The summed E-state index contributed by atoms with van der Waals surface area (Å²) in [6.07, 6.45) is 3.06. The van der Waals surface area contributed by atoms with Gasteiger partial charge in [0.15, 0.2) is 11.0 Å². The Balaban J connectivity index is 1.55. The molecule has 0 bridgehead atoms. The number of nitrogens with zero attached hydrogens (tertiary/aromatic N) is 3. The number of carbonyl (C=O) groups is 1. The Kier molecular flexibility index (Phi) is 5.08. The molecule has 3 rings (SSSR count). The van der Waals surface area contributed by atoms with Crippen molar-refractivity contribution in [3.05, 3.63) is 47.1 Å². The van der Waals surface area contributed by atoms with Crippen molar-refractivity contribution in [1.82, 2.24) is 10.2 Å². The van der Waals surface area contributed by atoms with Crippen molar-refractivity contribution in [1.29, 1.82) is 0 Å². The Morgan fingerprint density at radius 3 is 2.74 bits per heavy atom. The van der Waals surface area contributed by atoms with Crippen LogP contribution < -0.4 is 9.64 Å². The summed E-state index contributed by atoms with van der Waals surface area (Å²) in [4.78, 5) is 12.9. The zero-order valence-corrected chi connectivity index (χ0v) is 13.4. The van der Waals surface area contributed by atoms with Crippen LogP contribution in [0.5, 0.6) is 5.75 Å². The number of rotatable bonds is 5. The van der Waals surface area contributed by atoms with E-state index in [4.69, 9.17) is 16.3 Å². The van der Waals surface area contributed by atoms with Crippen molar-refractivity contribution in [3.8, 4) is 5.75 Å². The van der Waals surface area contributed by atoms with Gasteiger partial charge in [0.05, 0.1) is 6.61 Å². The highest BCUT2D eigenvalue weighted by molar-refractivity contribution is 6.29. The first-order chi connectivity index (χ1) is 11.2. The molecule has 0 N–H and O–H groups in total. The quantitative estimate of drug-likeness (QED) is 0.787. The minimum absolute atomic E-state index is 0.407. The number of hydrogen-bond donors (Lipinski definition) is 0. The van der Waals surface area contributed by atoms with Gasteiger partial charge in [0.1, 0.15) is 12.0 Å². The molecule has 1 aromatic heterocycles. The normalized spacial score (nSPS) is 17.8. The summed E-state index contributed by atoms with van der Waals surface area (Å²) >= 11 is 5.78. The smallest absolute Gasteiger partial charge is 0.151 e. The molecule has 6 heteroatoms. The number of hydrogen-bond acceptors (Lipinski definition) is 5. The van der Waals surface area contributed by atoms with Crippen molar-refractivity contribution < 1.29 is 9.53 Å². The fourth-order valence-electron chi connectivity index (χ4n) is 2.74. The molecule has 5 nitrogen and oxygen atoms in total. The van der Waals surface area contributed by atoms with Crippen LogP contribution in [-0.4, -0.2) is 36.2 Å². The van der Waals surface area contributed by atoms with Crippen LogP contribution in [0.1, 0.15) is 23.2 Å².